The van der Waals surface area contributed by atoms with Crippen LogP contribution in [0.25, 0.3) is 21.5 Å². The summed E-state index contributed by atoms with van der Waals surface area (Å²) in [7, 11) is 0. The first-order valence-corrected chi connectivity index (χ1v) is 7.56. The van der Waals surface area contributed by atoms with E-state index in [4.69, 9.17) is 0 Å². The summed E-state index contributed by atoms with van der Waals surface area (Å²) in [6, 6.07) is 11.1. The highest BCUT2D eigenvalue weighted by Crippen LogP contribution is 2.32. The minimum Gasteiger partial charge on any atom is -0.478 e. The van der Waals surface area contributed by atoms with Crippen molar-refractivity contribution in [2.24, 2.45) is 0 Å². The zero-order valence-electron chi connectivity index (χ0n) is 10.6. The van der Waals surface area contributed by atoms with Crippen molar-refractivity contribution < 1.29 is 9.90 Å². The van der Waals surface area contributed by atoms with Crippen molar-refractivity contribution in [3.05, 3.63) is 51.3 Å². The van der Waals surface area contributed by atoms with Crippen molar-refractivity contribution in [2.45, 2.75) is 6.92 Å². The van der Waals surface area contributed by atoms with Crippen LogP contribution in [0, 0.1) is 6.92 Å². The fourth-order valence-electron chi connectivity index (χ4n) is 2.11. The average molecular weight is 348 g/mol. The minimum atomic E-state index is -0.946. The third kappa shape index (κ3) is 2.23. The highest BCUT2D eigenvalue weighted by atomic mass is 79.9. The molecule has 0 amide bonds. The van der Waals surface area contributed by atoms with Gasteiger partial charge in [-0.25, -0.2) is 9.78 Å². The molecular formula is C15H10BrNO2S. The molecule has 0 radical (unpaired) electrons. The number of carboxylic acid groups (broad SMARTS) is 1. The summed E-state index contributed by atoms with van der Waals surface area (Å²) < 4.78 is 0.744. The molecule has 0 bridgehead atoms. The van der Waals surface area contributed by atoms with Crippen molar-refractivity contribution in [1.82, 2.24) is 4.98 Å². The quantitative estimate of drug-likeness (QED) is 0.728. The summed E-state index contributed by atoms with van der Waals surface area (Å²) in [5.74, 6) is -0.946. The van der Waals surface area contributed by atoms with Crippen LogP contribution in [0.15, 0.2) is 40.9 Å². The zero-order chi connectivity index (χ0) is 14.3. The lowest BCUT2D eigenvalue weighted by Gasteiger charge is -2.07. The molecule has 0 fully saturated rings. The molecule has 3 aromatic rings. The molecule has 0 saturated carbocycles. The maximum atomic E-state index is 11.5. The highest BCUT2D eigenvalue weighted by Gasteiger charge is 2.15. The first kappa shape index (κ1) is 13.3. The van der Waals surface area contributed by atoms with E-state index in [9.17, 15) is 9.90 Å². The van der Waals surface area contributed by atoms with Crippen LogP contribution < -0.4 is 0 Å². The fraction of sp³-hybridized carbons (Fsp3) is 0.0667. The second-order valence-electron chi connectivity index (χ2n) is 4.40. The summed E-state index contributed by atoms with van der Waals surface area (Å²) >= 11 is 5.01. The molecule has 0 saturated heterocycles. The Kier molecular flexibility index (Phi) is 3.31. The zero-order valence-corrected chi connectivity index (χ0v) is 13.0. The van der Waals surface area contributed by atoms with Gasteiger partial charge in [-0.1, -0.05) is 22.0 Å². The maximum Gasteiger partial charge on any atom is 0.336 e. The molecule has 1 aromatic carbocycles. The number of halogens is 1. The monoisotopic (exact) mass is 347 g/mol. The predicted octanol–water partition coefficient (Wildman–Crippen LogP) is 4.73. The molecule has 5 heteroatoms. The first-order chi connectivity index (χ1) is 9.56. The van der Waals surface area contributed by atoms with E-state index in [0.717, 1.165) is 9.35 Å². The third-order valence-electron chi connectivity index (χ3n) is 3.01. The van der Waals surface area contributed by atoms with Crippen molar-refractivity contribution >= 4 is 44.1 Å². The molecule has 0 unspecified atom stereocenters. The summed E-state index contributed by atoms with van der Waals surface area (Å²) in [5, 5.41) is 10.1. The first-order valence-electron chi connectivity index (χ1n) is 5.95. The van der Waals surface area contributed by atoms with Gasteiger partial charge in [0, 0.05) is 14.7 Å². The molecule has 0 aliphatic rings. The Balaban J connectivity index is 2.34. The van der Waals surface area contributed by atoms with Crippen molar-refractivity contribution in [1.29, 1.82) is 0 Å². The summed E-state index contributed by atoms with van der Waals surface area (Å²) in [6.45, 7) is 2.02. The lowest BCUT2D eigenvalue weighted by Crippen LogP contribution is -2.00. The van der Waals surface area contributed by atoms with Gasteiger partial charge in [-0.3, -0.25) is 0 Å². The maximum absolute atomic E-state index is 11.5. The third-order valence-corrected chi connectivity index (χ3v) is 4.69. The number of aryl methyl sites for hydroxylation is 1. The Morgan fingerprint density at radius 1 is 1.30 bits per heavy atom. The summed E-state index contributed by atoms with van der Waals surface area (Å²) in [5.41, 5.74) is 1.65. The second-order valence-corrected chi connectivity index (χ2v) is 6.55. The van der Waals surface area contributed by atoms with Gasteiger partial charge in [0.2, 0.25) is 0 Å². The molecule has 0 aliphatic carbocycles. The van der Waals surface area contributed by atoms with E-state index in [1.807, 2.05) is 37.3 Å². The molecule has 0 aliphatic heterocycles. The van der Waals surface area contributed by atoms with E-state index < -0.39 is 5.97 Å². The number of pyridine rings is 1. The van der Waals surface area contributed by atoms with E-state index in [-0.39, 0.29) is 5.56 Å². The van der Waals surface area contributed by atoms with E-state index in [0.29, 0.717) is 16.6 Å². The van der Waals surface area contributed by atoms with Gasteiger partial charge in [0.15, 0.2) is 0 Å². The van der Waals surface area contributed by atoms with Crippen LogP contribution in [0.3, 0.4) is 0 Å². The molecule has 3 rings (SSSR count). The molecule has 20 heavy (non-hydrogen) atoms. The Bertz CT molecular complexity index is 826. The lowest BCUT2D eigenvalue weighted by molar-refractivity contribution is 0.0699. The van der Waals surface area contributed by atoms with E-state index in [2.05, 4.69) is 20.9 Å². The van der Waals surface area contributed by atoms with Gasteiger partial charge in [-0.2, -0.15) is 0 Å². The van der Waals surface area contributed by atoms with Gasteiger partial charge in [-0.05, 0) is 37.3 Å². The average Bonchev–Trinajstić information content (AvgIpc) is 2.84. The number of hydrogen-bond acceptors (Lipinski definition) is 3. The Morgan fingerprint density at radius 3 is 2.75 bits per heavy atom. The van der Waals surface area contributed by atoms with Gasteiger partial charge in [0.25, 0.3) is 0 Å². The number of nitrogens with zero attached hydrogens (tertiary/aromatic N) is 1. The van der Waals surface area contributed by atoms with Crippen LogP contribution in [0.4, 0.5) is 0 Å². The number of thiophene rings is 1. The Hall–Kier alpha value is -1.72. The molecule has 2 aromatic heterocycles. The molecule has 3 nitrogen and oxygen atoms in total. The topological polar surface area (TPSA) is 50.2 Å². The molecule has 2 heterocycles. The minimum absolute atomic E-state index is 0.267. The van der Waals surface area contributed by atoms with Crippen LogP contribution in [0.1, 0.15) is 15.2 Å². The Labute approximate surface area is 128 Å². The molecule has 0 atom stereocenters. The lowest BCUT2D eigenvalue weighted by atomic mass is 10.1. The fourth-order valence-corrected chi connectivity index (χ4v) is 3.51. The van der Waals surface area contributed by atoms with Gasteiger partial charge < -0.3 is 5.11 Å². The number of hydrogen-bond donors (Lipinski definition) is 1. The number of rotatable bonds is 2. The Morgan fingerprint density at radius 2 is 2.10 bits per heavy atom. The number of aromatic nitrogens is 1. The number of carbonyl (C=O) groups is 1. The predicted molar refractivity (Wildman–Crippen MR) is 84.5 cm³/mol. The van der Waals surface area contributed by atoms with Crippen molar-refractivity contribution in [2.75, 3.05) is 0 Å². The highest BCUT2D eigenvalue weighted by molar-refractivity contribution is 9.10. The summed E-state index contributed by atoms with van der Waals surface area (Å²) in [6.07, 6.45) is 0. The van der Waals surface area contributed by atoms with E-state index in [1.165, 1.54) is 4.88 Å². The second kappa shape index (κ2) is 5.00. The van der Waals surface area contributed by atoms with Gasteiger partial charge >= 0.3 is 5.97 Å². The largest absolute Gasteiger partial charge is 0.478 e. The SMILES string of the molecule is Cc1ccc(-c2cc(C(=O)O)c3c(Br)cccc3n2)s1. The normalized spacial score (nSPS) is 10.9. The van der Waals surface area contributed by atoms with Crippen LogP contribution in [0.2, 0.25) is 0 Å². The number of benzene rings is 1. The van der Waals surface area contributed by atoms with E-state index >= 15 is 0 Å². The standard InChI is InChI=1S/C15H10BrNO2S/c1-8-5-6-13(20-8)12-7-9(15(18)19)14-10(16)3-2-4-11(14)17-12/h2-7H,1H3,(H,18,19). The molecule has 100 valence electrons. The van der Waals surface area contributed by atoms with Gasteiger partial charge in [0.1, 0.15) is 0 Å². The summed E-state index contributed by atoms with van der Waals surface area (Å²) in [4.78, 5) is 18.2. The number of fused-ring (bicyclic) bond motifs is 1. The van der Waals surface area contributed by atoms with Crippen molar-refractivity contribution in [3.63, 3.8) is 0 Å². The van der Waals surface area contributed by atoms with Crippen LogP contribution in [0.5, 0.6) is 0 Å². The van der Waals surface area contributed by atoms with Crippen molar-refractivity contribution in [3.8, 4) is 10.6 Å². The molecular weight excluding hydrogens is 338 g/mol. The van der Waals surface area contributed by atoms with Crippen LogP contribution >= 0.6 is 27.3 Å². The van der Waals surface area contributed by atoms with E-state index in [1.54, 1.807) is 17.4 Å². The van der Waals surface area contributed by atoms with Crippen LogP contribution in [-0.4, -0.2) is 16.1 Å². The number of aromatic carboxylic acids is 1. The smallest absolute Gasteiger partial charge is 0.336 e. The van der Waals surface area contributed by atoms with Gasteiger partial charge in [0.05, 0.1) is 21.7 Å². The van der Waals surface area contributed by atoms with Crippen LogP contribution in [-0.2, 0) is 0 Å². The number of carboxylic acids is 1. The molecule has 0 spiro atoms. The molecule has 1 N–H and O–H groups in total. The van der Waals surface area contributed by atoms with Gasteiger partial charge in [-0.15, -0.1) is 11.3 Å².